The molecule has 0 spiro atoms. The third-order valence-corrected chi connectivity index (χ3v) is 3.61. The van der Waals surface area contributed by atoms with E-state index in [2.05, 4.69) is 29.1 Å². The molecular formula is C17H25N3. The molecule has 1 N–H and O–H groups in total. The summed E-state index contributed by atoms with van der Waals surface area (Å²) in [6.45, 7) is 5.31. The molecule has 0 aliphatic heterocycles. The Labute approximate surface area is 121 Å². The number of benzene rings is 1. The summed E-state index contributed by atoms with van der Waals surface area (Å²) in [7, 11) is 0. The highest BCUT2D eigenvalue weighted by atomic mass is 14.9. The van der Waals surface area contributed by atoms with Crippen LogP contribution >= 0.6 is 0 Å². The fourth-order valence-corrected chi connectivity index (χ4v) is 2.48. The number of aromatic nitrogens is 2. The number of para-hydroxylation sites is 2. The Kier molecular flexibility index (Phi) is 5.93. The Morgan fingerprint density at radius 1 is 1.05 bits per heavy atom. The van der Waals surface area contributed by atoms with E-state index in [0.29, 0.717) is 6.04 Å². The van der Waals surface area contributed by atoms with E-state index < -0.39 is 0 Å². The molecule has 1 atom stereocenters. The molecule has 0 radical (unpaired) electrons. The van der Waals surface area contributed by atoms with Gasteiger partial charge in [-0.25, -0.2) is 4.98 Å². The van der Waals surface area contributed by atoms with Crippen LogP contribution in [0.1, 0.15) is 51.6 Å². The van der Waals surface area contributed by atoms with Gasteiger partial charge >= 0.3 is 0 Å². The number of unbranched alkanes of at least 4 members (excludes halogenated alkanes) is 1. The monoisotopic (exact) mass is 271 g/mol. The highest BCUT2D eigenvalue weighted by Gasteiger charge is 2.07. The molecule has 1 aromatic carbocycles. The molecule has 2 rings (SSSR count). The van der Waals surface area contributed by atoms with Crippen molar-refractivity contribution in [1.29, 1.82) is 0 Å². The first kappa shape index (κ1) is 14.9. The lowest BCUT2D eigenvalue weighted by Crippen LogP contribution is -2.28. The molecular weight excluding hydrogens is 246 g/mol. The minimum Gasteiger partial charge on any atom is -0.308 e. The first-order chi connectivity index (χ1) is 9.83. The van der Waals surface area contributed by atoms with Crippen LogP contribution in [0.4, 0.5) is 0 Å². The lowest BCUT2D eigenvalue weighted by molar-refractivity contribution is 0.431. The zero-order valence-corrected chi connectivity index (χ0v) is 12.6. The summed E-state index contributed by atoms with van der Waals surface area (Å²) in [5.74, 6) is 0. The van der Waals surface area contributed by atoms with Gasteiger partial charge < -0.3 is 5.32 Å². The Bertz CT molecular complexity index is 524. The summed E-state index contributed by atoms with van der Waals surface area (Å²) in [5.41, 5.74) is 2.97. The van der Waals surface area contributed by atoms with Crippen molar-refractivity contribution in [3.8, 4) is 0 Å². The van der Waals surface area contributed by atoms with E-state index in [1.807, 2.05) is 30.5 Å². The Morgan fingerprint density at radius 3 is 2.60 bits per heavy atom. The quantitative estimate of drug-likeness (QED) is 0.786. The highest BCUT2D eigenvalue weighted by Crippen LogP contribution is 2.10. The van der Waals surface area contributed by atoms with Gasteiger partial charge in [-0.15, -0.1) is 0 Å². The molecule has 0 aliphatic carbocycles. The highest BCUT2D eigenvalue weighted by molar-refractivity contribution is 5.73. The van der Waals surface area contributed by atoms with Gasteiger partial charge in [0.05, 0.1) is 22.9 Å². The van der Waals surface area contributed by atoms with Crippen LogP contribution in [0.25, 0.3) is 11.0 Å². The van der Waals surface area contributed by atoms with Gasteiger partial charge in [-0.3, -0.25) is 4.98 Å². The van der Waals surface area contributed by atoms with Gasteiger partial charge in [-0.05, 0) is 25.0 Å². The summed E-state index contributed by atoms with van der Waals surface area (Å²) in [5, 5.41) is 3.63. The van der Waals surface area contributed by atoms with Gasteiger partial charge in [-0.1, -0.05) is 45.2 Å². The molecule has 0 saturated carbocycles. The van der Waals surface area contributed by atoms with Crippen molar-refractivity contribution in [2.24, 2.45) is 0 Å². The van der Waals surface area contributed by atoms with Crippen molar-refractivity contribution < 1.29 is 0 Å². The maximum absolute atomic E-state index is 4.66. The van der Waals surface area contributed by atoms with Crippen molar-refractivity contribution in [1.82, 2.24) is 15.3 Å². The smallest absolute Gasteiger partial charge is 0.0890 e. The van der Waals surface area contributed by atoms with E-state index in [1.165, 1.54) is 32.1 Å². The standard InChI is InChI=1S/C17H25N3/c1-3-5-9-14(8-4-2)18-12-15-13-19-16-10-6-7-11-17(16)20-15/h6-7,10-11,13-14,18H,3-5,8-9,12H2,1-2H3. The van der Waals surface area contributed by atoms with Crippen molar-refractivity contribution in [3.63, 3.8) is 0 Å². The SMILES string of the molecule is CCCCC(CCC)NCc1cnc2ccccc2n1. The number of nitrogens with one attached hydrogen (secondary N) is 1. The first-order valence-corrected chi connectivity index (χ1v) is 7.77. The van der Waals surface area contributed by atoms with E-state index >= 15 is 0 Å². The first-order valence-electron chi connectivity index (χ1n) is 7.77. The van der Waals surface area contributed by atoms with Crippen molar-refractivity contribution in [2.45, 2.75) is 58.5 Å². The average molecular weight is 271 g/mol. The zero-order valence-electron chi connectivity index (χ0n) is 12.6. The molecule has 108 valence electrons. The van der Waals surface area contributed by atoms with Crippen LogP contribution in [0.5, 0.6) is 0 Å². The third-order valence-electron chi connectivity index (χ3n) is 3.61. The molecule has 1 heterocycles. The minimum absolute atomic E-state index is 0.605. The summed E-state index contributed by atoms with van der Waals surface area (Å²) >= 11 is 0. The van der Waals surface area contributed by atoms with E-state index in [0.717, 1.165) is 23.3 Å². The molecule has 0 bridgehead atoms. The molecule has 0 saturated heterocycles. The fraction of sp³-hybridized carbons (Fsp3) is 0.529. The normalized spacial score (nSPS) is 12.7. The third kappa shape index (κ3) is 4.27. The Morgan fingerprint density at radius 2 is 1.85 bits per heavy atom. The molecule has 1 aromatic heterocycles. The van der Waals surface area contributed by atoms with Gasteiger partial charge in [-0.2, -0.15) is 0 Å². The summed E-state index contributed by atoms with van der Waals surface area (Å²) < 4.78 is 0. The van der Waals surface area contributed by atoms with Crippen LogP contribution in [0.15, 0.2) is 30.5 Å². The second kappa shape index (κ2) is 7.95. The van der Waals surface area contributed by atoms with Crippen LogP contribution in [-0.4, -0.2) is 16.0 Å². The molecule has 0 amide bonds. The molecule has 0 fully saturated rings. The maximum atomic E-state index is 4.66. The minimum atomic E-state index is 0.605. The number of rotatable bonds is 8. The van der Waals surface area contributed by atoms with Gasteiger partial charge in [0.25, 0.3) is 0 Å². The predicted octanol–water partition coefficient (Wildman–Crippen LogP) is 4.08. The Hall–Kier alpha value is -1.48. The van der Waals surface area contributed by atoms with Gasteiger partial charge in [0.1, 0.15) is 0 Å². The number of fused-ring (bicyclic) bond motifs is 1. The van der Waals surface area contributed by atoms with Crippen molar-refractivity contribution in [2.75, 3.05) is 0 Å². The Balaban J connectivity index is 1.96. The lowest BCUT2D eigenvalue weighted by Gasteiger charge is -2.17. The fourth-order valence-electron chi connectivity index (χ4n) is 2.48. The zero-order chi connectivity index (χ0) is 14.2. The summed E-state index contributed by atoms with van der Waals surface area (Å²) in [6.07, 6.45) is 8.16. The molecule has 1 unspecified atom stereocenters. The lowest BCUT2D eigenvalue weighted by atomic mass is 10.1. The second-order valence-corrected chi connectivity index (χ2v) is 5.36. The average Bonchev–Trinajstić information content (AvgIpc) is 2.50. The summed E-state index contributed by atoms with van der Waals surface area (Å²) in [6, 6.07) is 8.63. The van der Waals surface area contributed by atoms with Crippen molar-refractivity contribution >= 4 is 11.0 Å². The topological polar surface area (TPSA) is 37.8 Å². The van der Waals surface area contributed by atoms with Crippen molar-refractivity contribution in [3.05, 3.63) is 36.2 Å². The predicted molar refractivity (Wildman–Crippen MR) is 84.6 cm³/mol. The molecule has 20 heavy (non-hydrogen) atoms. The van der Waals surface area contributed by atoms with Crippen LogP contribution in [0.2, 0.25) is 0 Å². The largest absolute Gasteiger partial charge is 0.308 e. The second-order valence-electron chi connectivity index (χ2n) is 5.36. The number of hydrogen-bond donors (Lipinski definition) is 1. The van der Waals surface area contributed by atoms with Crippen LogP contribution in [0, 0.1) is 0 Å². The summed E-state index contributed by atoms with van der Waals surface area (Å²) in [4.78, 5) is 9.13. The van der Waals surface area contributed by atoms with Crippen LogP contribution in [0.3, 0.4) is 0 Å². The maximum Gasteiger partial charge on any atom is 0.0890 e. The van der Waals surface area contributed by atoms with E-state index in [1.54, 1.807) is 0 Å². The molecule has 2 aromatic rings. The van der Waals surface area contributed by atoms with Crippen LogP contribution < -0.4 is 5.32 Å². The van der Waals surface area contributed by atoms with E-state index in [4.69, 9.17) is 0 Å². The van der Waals surface area contributed by atoms with Gasteiger partial charge in [0.2, 0.25) is 0 Å². The van der Waals surface area contributed by atoms with Gasteiger partial charge in [0.15, 0.2) is 0 Å². The number of hydrogen-bond acceptors (Lipinski definition) is 3. The van der Waals surface area contributed by atoms with E-state index in [-0.39, 0.29) is 0 Å². The molecule has 0 aliphatic rings. The molecule has 3 nitrogen and oxygen atoms in total. The van der Waals surface area contributed by atoms with E-state index in [9.17, 15) is 0 Å². The van der Waals surface area contributed by atoms with Crippen LogP contribution in [-0.2, 0) is 6.54 Å². The van der Waals surface area contributed by atoms with Gasteiger partial charge in [0, 0.05) is 12.6 Å². The number of nitrogens with zero attached hydrogens (tertiary/aromatic N) is 2. The molecule has 3 heteroatoms.